The number of ether oxygens (including phenoxy) is 1. The van der Waals surface area contributed by atoms with Gasteiger partial charge in [-0.15, -0.1) is 0 Å². The highest BCUT2D eigenvalue weighted by Crippen LogP contribution is 2.34. The minimum Gasteiger partial charge on any atom is -0.379 e. The highest BCUT2D eigenvalue weighted by atomic mass is 16.6. The zero-order chi connectivity index (χ0) is 23.5. The zero-order valence-corrected chi connectivity index (χ0v) is 19.4. The fourth-order valence-electron chi connectivity index (χ4n) is 4.62. The maximum absolute atomic E-state index is 11.9. The van der Waals surface area contributed by atoms with Gasteiger partial charge in [0.1, 0.15) is 5.69 Å². The minimum absolute atomic E-state index is 0.126. The van der Waals surface area contributed by atoms with E-state index in [0.717, 1.165) is 75.5 Å². The van der Waals surface area contributed by atoms with Crippen LogP contribution in [0.4, 0.5) is 11.4 Å². The summed E-state index contributed by atoms with van der Waals surface area (Å²) >= 11 is 0. The number of nitrogens with zero attached hydrogens (tertiary/aromatic N) is 5. The molecule has 2 fully saturated rings. The van der Waals surface area contributed by atoms with Gasteiger partial charge < -0.3 is 14.5 Å². The highest BCUT2D eigenvalue weighted by Gasteiger charge is 2.24. The van der Waals surface area contributed by atoms with Crippen molar-refractivity contribution < 1.29 is 9.66 Å². The number of rotatable bonds is 6. The average Bonchev–Trinajstić information content (AvgIpc) is 3.25. The number of likely N-dealkylation sites (N-methyl/N-ethyl adjacent to an activating group) is 1. The first-order valence-corrected chi connectivity index (χ1v) is 11.7. The van der Waals surface area contributed by atoms with Gasteiger partial charge in [0.2, 0.25) is 0 Å². The zero-order valence-electron chi connectivity index (χ0n) is 19.4. The van der Waals surface area contributed by atoms with Gasteiger partial charge in [-0.2, -0.15) is 5.10 Å². The number of anilines is 1. The Hall–Kier alpha value is -3.27. The fourth-order valence-corrected chi connectivity index (χ4v) is 4.62. The summed E-state index contributed by atoms with van der Waals surface area (Å²) in [6.45, 7) is 7.69. The van der Waals surface area contributed by atoms with E-state index in [2.05, 4.69) is 56.2 Å². The molecule has 9 nitrogen and oxygen atoms in total. The van der Waals surface area contributed by atoms with E-state index < -0.39 is 0 Å². The van der Waals surface area contributed by atoms with Gasteiger partial charge in [0.15, 0.2) is 0 Å². The Bertz CT molecular complexity index is 1190. The van der Waals surface area contributed by atoms with Crippen LogP contribution in [0.5, 0.6) is 0 Å². The molecule has 2 aliphatic rings. The van der Waals surface area contributed by atoms with Gasteiger partial charge in [-0.3, -0.25) is 20.1 Å². The largest absolute Gasteiger partial charge is 0.379 e. The number of H-pyrrole nitrogens is 1. The molecule has 178 valence electrons. The summed E-state index contributed by atoms with van der Waals surface area (Å²) in [5.74, 6) is 0. The van der Waals surface area contributed by atoms with Crippen molar-refractivity contribution in [2.45, 2.75) is 6.54 Å². The lowest BCUT2D eigenvalue weighted by molar-refractivity contribution is -0.384. The lowest BCUT2D eigenvalue weighted by Crippen LogP contribution is -2.44. The molecule has 0 aliphatic carbocycles. The number of aromatic amines is 1. The molecule has 34 heavy (non-hydrogen) atoms. The van der Waals surface area contributed by atoms with Crippen molar-refractivity contribution in [1.29, 1.82) is 0 Å². The molecular formula is C25H30N6O3. The van der Waals surface area contributed by atoms with Crippen molar-refractivity contribution in [1.82, 2.24) is 20.0 Å². The molecule has 1 aromatic heterocycles. The quantitative estimate of drug-likeness (QED) is 0.444. The van der Waals surface area contributed by atoms with Crippen LogP contribution in [0, 0.1) is 10.1 Å². The van der Waals surface area contributed by atoms with Crippen LogP contribution in [-0.2, 0) is 11.3 Å². The predicted octanol–water partition coefficient (Wildman–Crippen LogP) is 3.23. The second-order valence-corrected chi connectivity index (χ2v) is 9.01. The van der Waals surface area contributed by atoms with Gasteiger partial charge in [0.05, 0.1) is 29.3 Å². The number of hydrogen-bond donors (Lipinski definition) is 1. The van der Waals surface area contributed by atoms with E-state index in [-0.39, 0.29) is 10.6 Å². The third-order valence-electron chi connectivity index (χ3n) is 6.62. The second kappa shape index (κ2) is 9.92. The topological polar surface area (TPSA) is 90.8 Å². The van der Waals surface area contributed by atoms with Crippen LogP contribution in [0.2, 0.25) is 0 Å². The normalized spacial score (nSPS) is 18.2. The molecule has 3 aromatic rings. The second-order valence-electron chi connectivity index (χ2n) is 9.01. The molecule has 0 bridgehead atoms. The first-order valence-electron chi connectivity index (χ1n) is 11.7. The molecule has 0 atom stereocenters. The summed E-state index contributed by atoms with van der Waals surface area (Å²) in [6.07, 6.45) is 3.94. The third kappa shape index (κ3) is 4.96. The van der Waals surface area contributed by atoms with Crippen molar-refractivity contribution in [3.05, 3.63) is 63.3 Å². The van der Waals surface area contributed by atoms with Crippen molar-refractivity contribution in [3.63, 3.8) is 0 Å². The van der Waals surface area contributed by atoms with E-state index in [1.807, 2.05) is 18.2 Å². The first-order chi connectivity index (χ1) is 16.6. The number of hydrogen-bond acceptors (Lipinski definition) is 7. The van der Waals surface area contributed by atoms with E-state index in [4.69, 9.17) is 4.74 Å². The van der Waals surface area contributed by atoms with Crippen molar-refractivity contribution >= 4 is 34.4 Å². The van der Waals surface area contributed by atoms with Crippen molar-refractivity contribution in [2.24, 2.45) is 0 Å². The molecule has 2 aliphatic heterocycles. The van der Waals surface area contributed by atoms with Crippen LogP contribution < -0.4 is 4.90 Å². The number of nitro benzene ring substituents is 1. The van der Waals surface area contributed by atoms with Gasteiger partial charge in [0, 0.05) is 57.3 Å². The predicted molar refractivity (Wildman–Crippen MR) is 134 cm³/mol. The van der Waals surface area contributed by atoms with Gasteiger partial charge in [-0.25, -0.2) is 0 Å². The summed E-state index contributed by atoms with van der Waals surface area (Å²) in [6, 6.07) is 12.0. The summed E-state index contributed by atoms with van der Waals surface area (Å²) < 4.78 is 5.44. The molecule has 0 radical (unpaired) electrons. The number of fused-ring (bicyclic) bond motifs is 1. The van der Waals surface area contributed by atoms with Crippen LogP contribution in [0.25, 0.3) is 23.1 Å². The molecule has 5 rings (SSSR count). The van der Waals surface area contributed by atoms with Crippen LogP contribution in [0.3, 0.4) is 0 Å². The Balaban J connectivity index is 1.38. The summed E-state index contributed by atoms with van der Waals surface area (Å²) in [4.78, 5) is 18.3. The van der Waals surface area contributed by atoms with Crippen molar-refractivity contribution in [3.8, 4) is 0 Å². The molecule has 2 aromatic carbocycles. The van der Waals surface area contributed by atoms with E-state index in [1.54, 1.807) is 6.07 Å². The molecule has 0 saturated carbocycles. The minimum atomic E-state index is -0.289. The maximum Gasteiger partial charge on any atom is 0.293 e. The number of aromatic nitrogens is 2. The Morgan fingerprint density at radius 1 is 1.09 bits per heavy atom. The first kappa shape index (κ1) is 22.5. The van der Waals surface area contributed by atoms with Gasteiger partial charge in [0.25, 0.3) is 5.69 Å². The lowest BCUT2D eigenvalue weighted by Gasteiger charge is -2.33. The standard InChI is InChI=1S/C25H30N6O3/c1-28-7-9-30(10-8-28)24-17-23-21(16-25(24)31(32)33)22(26-27-23)6-5-19-3-2-4-20(15-19)18-29-11-13-34-14-12-29/h2-6,15-17H,7-14,18H2,1H3,(H,26,27). The average molecular weight is 463 g/mol. The van der Waals surface area contributed by atoms with Crippen LogP contribution in [0.1, 0.15) is 16.8 Å². The van der Waals surface area contributed by atoms with E-state index in [1.165, 1.54) is 5.56 Å². The van der Waals surface area contributed by atoms with Crippen LogP contribution in [-0.4, -0.2) is 84.5 Å². The molecule has 0 spiro atoms. The van der Waals surface area contributed by atoms with E-state index >= 15 is 0 Å². The van der Waals surface area contributed by atoms with Crippen LogP contribution in [0.15, 0.2) is 36.4 Å². The van der Waals surface area contributed by atoms with Crippen LogP contribution >= 0.6 is 0 Å². The number of benzene rings is 2. The Morgan fingerprint density at radius 3 is 2.65 bits per heavy atom. The Kier molecular flexibility index (Phi) is 6.57. The summed E-state index contributed by atoms with van der Waals surface area (Å²) in [5.41, 5.74) is 4.61. The molecule has 9 heteroatoms. The molecule has 2 saturated heterocycles. The highest BCUT2D eigenvalue weighted by molar-refractivity contribution is 5.94. The molecule has 3 heterocycles. The van der Waals surface area contributed by atoms with Gasteiger partial charge in [-0.05, 0) is 30.3 Å². The lowest BCUT2D eigenvalue weighted by atomic mass is 10.1. The van der Waals surface area contributed by atoms with Crippen molar-refractivity contribution in [2.75, 3.05) is 64.4 Å². The van der Waals surface area contributed by atoms with Gasteiger partial charge in [-0.1, -0.05) is 30.3 Å². The number of nitrogens with one attached hydrogen (secondary N) is 1. The third-order valence-corrected chi connectivity index (χ3v) is 6.62. The monoisotopic (exact) mass is 462 g/mol. The Labute approximate surface area is 198 Å². The SMILES string of the molecule is CN1CCN(c2cc3[nH]nc(C=Cc4cccc(CN5CCOCC5)c4)c3cc2[N+](=O)[O-])CC1. The number of piperazine rings is 1. The number of nitro groups is 1. The molecule has 0 amide bonds. The molecule has 1 N–H and O–H groups in total. The smallest absolute Gasteiger partial charge is 0.293 e. The molecular weight excluding hydrogens is 432 g/mol. The Morgan fingerprint density at radius 2 is 1.88 bits per heavy atom. The summed E-state index contributed by atoms with van der Waals surface area (Å²) in [7, 11) is 2.07. The number of morpholine rings is 1. The fraction of sp³-hybridized carbons (Fsp3) is 0.400. The maximum atomic E-state index is 11.9. The summed E-state index contributed by atoms with van der Waals surface area (Å²) in [5, 5.41) is 20.2. The van der Waals surface area contributed by atoms with E-state index in [9.17, 15) is 10.1 Å². The van der Waals surface area contributed by atoms with E-state index in [0.29, 0.717) is 11.4 Å². The van der Waals surface area contributed by atoms with Gasteiger partial charge >= 0.3 is 0 Å². The molecule has 0 unspecified atom stereocenters.